The molecule has 0 unspecified atom stereocenters. The molecule has 0 amide bonds. The molecule has 0 atom stereocenters. The molecule has 0 aliphatic heterocycles. The minimum atomic E-state index is -1.04. The van der Waals surface area contributed by atoms with Gasteiger partial charge in [-0.1, -0.05) is 42.5 Å². The Morgan fingerprint density at radius 1 is 0.867 bits per heavy atom. The summed E-state index contributed by atoms with van der Waals surface area (Å²) < 4.78 is 40.6. The van der Waals surface area contributed by atoms with Gasteiger partial charge < -0.3 is 9.47 Å². The van der Waals surface area contributed by atoms with Crippen molar-refractivity contribution in [3.63, 3.8) is 0 Å². The Bertz CT molecular complexity index is 1830. The number of hydrogen-bond donors (Lipinski definition) is 1. The van der Waals surface area contributed by atoms with Crippen molar-refractivity contribution in [2.75, 3.05) is 13.3 Å². The summed E-state index contributed by atoms with van der Waals surface area (Å²) >= 11 is 1.52. The highest BCUT2D eigenvalue weighted by molar-refractivity contribution is 7.22. The number of carbonyl (C=O) groups is 2. The van der Waals surface area contributed by atoms with Gasteiger partial charge in [-0.25, -0.2) is 8.78 Å². The standard InChI is InChI=1S/C36H32F2N2O4S/c1-2-43-22-39-21-24-3-8-26(9-4-24)32-20-29-35(45-32)31(13-16-40-29)44-30-12-7-25(17-28(30)38)19-34(42)36(14-15-36)33(41)18-23-5-10-27(37)11-6-23/h3-13,16-17,20,39H,2,14-15,18-19,21-22H2,1H3. The van der Waals surface area contributed by atoms with Gasteiger partial charge in [0.1, 0.15) is 11.6 Å². The number of carbonyl (C=O) groups excluding carboxylic acids is 2. The molecule has 0 radical (unpaired) electrons. The second-order valence-corrected chi connectivity index (χ2v) is 12.2. The summed E-state index contributed by atoms with van der Waals surface area (Å²) in [5.74, 6) is -0.861. The first kappa shape index (κ1) is 30.7. The van der Waals surface area contributed by atoms with Gasteiger partial charge in [0.25, 0.3) is 0 Å². The lowest BCUT2D eigenvalue weighted by Crippen LogP contribution is -2.28. The molecule has 1 aliphatic carbocycles. The zero-order valence-corrected chi connectivity index (χ0v) is 25.6. The van der Waals surface area contributed by atoms with Crippen molar-refractivity contribution in [1.29, 1.82) is 0 Å². The lowest BCUT2D eigenvalue weighted by Gasteiger charge is -2.14. The number of nitrogens with one attached hydrogen (secondary N) is 1. The third-order valence-electron chi connectivity index (χ3n) is 8.03. The van der Waals surface area contributed by atoms with Crippen molar-refractivity contribution < 1.29 is 27.8 Å². The molecule has 2 heterocycles. The molecular formula is C36H32F2N2O4S. The molecule has 1 N–H and O–H groups in total. The van der Waals surface area contributed by atoms with Crippen LogP contribution in [0.25, 0.3) is 20.7 Å². The van der Waals surface area contributed by atoms with Gasteiger partial charge in [0.2, 0.25) is 0 Å². The molecule has 0 spiro atoms. The van der Waals surface area contributed by atoms with E-state index in [9.17, 15) is 14.0 Å². The fourth-order valence-electron chi connectivity index (χ4n) is 5.30. The van der Waals surface area contributed by atoms with Crippen molar-refractivity contribution in [3.05, 3.63) is 113 Å². The summed E-state index contributed by atoms with van der Waals surface area (Å²) in [4.78, 5) is 31.7. The van der Waals surface area contributed by atoms with Gasteiger partial charge in [0.15, 0.2) is 23.1 Å². The highest BCUT2D eigenvalue weighted by atomic mass is 32.1. The number of ether oxygens (including phenoxy) is 2. The molecule has 1 fully saturated rings. The normalized spacial score (nSPS) is 13.6. The van der Waals surface area contributed by atoms with Crippen molar-refractivity contribution in [1.82, 2.24) is 10.3 Å². The minimum Gasteiger partial charge on any atom is -0.453 e. The number of thiophene rings is 1. The van der Waals surface area contributed by atoms with E-state index in [1.165, 1.54) is 35.6 Å². The van der Waals surface area contributed by atoms with Gasteiger partial charge in [0, 0.05) is 43.1 Å². The Morgan fingerprint density at radius 3 is 2.24 bits per heavy atom. The van der Waals surface area contributed by atoms with E-state index in [2.05, 4.69) is 34.6 Å². The number of aromatic nitrogens is 1. The molecule has 230 valence electrons. The smallest absolute Gasteiger partial charge is 0.166 e. The van der Waals surface area contributed by atoms with Crippen LogP contribution in [0, 0.1) is 17.0 Å². The molecule has 1 saturated carbocycles. The van der Waals surface area contributed by atoms with Crippen molar-refractivity contribution in [2.45, 2.75) is 39.2 Å². The van der Waals surface area contributed by atoms with Crippen molar-refractivity contribution in [3.8, 4) is 21.9 Å². The number of rotatable bonds is 14. The molecule has 45 heavy (non-hydrogen) atoms. The van der Waals surface area contributed by atoms with E-state index in [4.69, 9.17) is 9.47 Å². The van der Waals surface area contributed by atoms with Gasteiger partial charge in [0.05, 0.1) is 22.4 Å². The van der Waals surface area contributed by atoms with Gasteiger partial charge >= 0.3 is 0 Å². The maximum Gasteiger partial charge on any atom is 0.166 e. The Kier molecular flexibility index (Phi) is 9.11. The van der Waals surface area contributed by atoms with Crippen LogP contribution in [0.4, 0.5) is 8.78 Å². The van der Waals surface area contributed by atoms with E-state index in [1.54, 1.807) is 30.5 Å². The van der Waals surface area contributed by atoms with Crippen molar-refractivity contribution >= 4 is 33.1 Å². The second kappa shape index (κ2) is 13.4. The largest absolute Gasteiger partial charge is 0.453 e. The van der Waals surface area contributed by atoms with Gasteiger partial charge in [-0.3, -0.25) is 19.9 Å². The molecule has 0 bridgehead atoms. The van der Waals surface area contributed by atoms with Crippen LogP contribution >= 0.6 is 11.3 Å². The van der Waals surface area contributed by atoms with Crippen LogP contribution in [0.2, 0.25) is 0 Å². The summed E-state index contributed by atoms with van der Waals surface area (Å²) in [6.45, 7) is 3.84. The molecule has 0 saturated heterocycles. The molecule has 1 aliphatic rings. The summed E-state index contributed by atoms with van der Waals surface area (Å²) in [5, 5.41) is 3.24. The van der Waals surface area contributed by atoms with E-state index in [0.717, 1.165) is 26.2 Å². The number of hydrogen-bond acceptors (Lipinski definition) is 7. The average molecular weight is 627 g/mol. The van der Waals surface area contributed by atoms with Crippen LogP contribution in [-0.2, 0) is 33.7 Å². The highest BCUT2D eigenvalue weighted by Crippen LogP contribution is 2.49. The van der Waals surface area contributed by atoms with Gasteiger partial charge in [-0.15, -0.1) is 11.3 Å². The summed E-state index contributed by atoms with van der Waals surface area (Å²) in [7, 11) is 0. The summed E-state index contributed by atoms with van der Waals surface area (Å²) in [5.41, 5.74) is 3.03. The van der Waals surface area contributed by atoms with E-state index >= 15 is 4.39 Å². The van der Waals surface area contributed by atoms with Crippen LogP contribution in [0.1, 0.15) is 36.5 Å². The predicted octanol–water partition coefficient (Wildman–Crippen LogP) is 7.82. The van der Waals surface area contributed by atoms with E-state index in [-0.39, 0.29) is 36.0 Å². The highest BCUT2D eigenvalue weighted by Gasteiger charge is 2.54. The Hall–Kier alpha value is -4.31. The number of benzene rings is 3. The predicted molar refractivity (Wildman–Crippen MR) is 170 cm³/mol. The van der Waals surface area contributed by atoms with Crippen LogP contribution in [0.3, 0.4) is 0 Å². The molecule has 2 aromatic heterocycles. The molecular weight excluding hydrogens is 594 g/mol. The number of nitrogens with zero attached hydrogens (tertiary/aromatic N) is 1. The Morgan fingerprint density at radius 2 is 1.56 bits per heavy atom. The van der Waals surface area contributed by atoms with Gasteiger partial charge in [-0.2, -0.15) is 0 Å². The maximum atomic E-state index is 15.3. The van der Waals surface area contributed by atoms with E-state index < -0.39 is 11.2 Å². The number of Topliss-reactive ketones (excluding diaryl/α,β-unsaturated/α-hetero) is 2. The number of pyridine rings is 1. The zero-order chi connectivity index (χ0) is 31.4. The Balaban J connectivity index is 1.12. The molecule has 9 heteroatoms. The van der Waals surface area contributed by atoms with Crippen molar-refractivity contribution in [2.24, 2.45) is 5.41 Å². The fourth-order valence-corrected chi connectivity index (χ4v) is 6.37. The zero-order valence-electron chi connectivity index (χ0n) is 24.8. The van der Waals surface area contributed by atoms with Gasteiger partial charge in [-0.05, 0) is 72.4 Å². The SMILES string of the molecule is CCOCNCc1ccc(-c2cc3nccc(Oc4ccc(CC(=O)C5(C(=O)Cc6ccc(F)cc6)CC5)cc4F)c3s2)cc1. The number of halogens is 2. The lowest BCUT2D eigenvalue weighted by atomic mass is 9.88. The monoisotopic (exact) mass is 626 g/mol. The first-order valence-corrected chi connectivity index (χ1v) is 15.7. The molecule has 3 aromatic carbocycles. The van der Waals surface area contributed by atoms with E-state index in [0.29, 0.717) is 49.6 Å². The Labute approximate surface area is 264 Å². The first-order chi connectivity index (χ1) is 21.8. The minimum absolute atomic E-state index is 0.0334. The van der Waals surface area contributed by atoms with Crippen LogP contribution < -0.4 is 10.1 Å². The third kappa shape index (κ3) is 7.01. The first-order valence-electron chi connectivity index (χ1n) is 14.9. The molecule has 5 aromatic rings. The number of ketones is 2. The quantitative estimate of drug-likeness (QED) is 0.0770. The van der Waals surface area contributed by atoms with Crippen LogP contribution in [0.15, 0.2) is 85.1 Å². The van der Waals surface area contributed by atoms with E-state index in [1.807, 2.05) is 13.0 Å². The second-order valence-electron chi connectivity index (χ2n) is 11.2. The fraction of sp³-hybridized carbons (Fsp3) is 0.250. The molecule has 6 nitrogen and oxygen atoms in total. The van der Waals surface area contributed by atoms with Crippen LogP contribution in [0.5, 0.6) is 11.5 Å². The summed E-state index contributed by atoms with van der Waals surface area (Å²) in [6.07, 6.45) is 2.60. The summed E-state index contributed by atoms with van der Waals surface area (Å²) in [6, 6.07) is 22.1. The molecule has 6 rings (SSSR count). The van der Waals surface area contributed by atoms with Crippen LogP contribution in [-0.4, -0.2) is 29.9 Å². The average Bonchev–Trinajstić information content (AvgIpc) is 3.75. The topological polar surface area (TPSA) is 77.5 Å². The number of fused-ring (bicyclic) bond motifs is 1. The maximum absolute atomic E-state index is 15.3. The lowest BCUT2D eigenvalue weighted by molar-refractivity contribution is -0.133. The third-order valence-corrected chi connectivity index (χ3v) is 9.22.